The number of nitrogens with one attached hydrogen (secondary N) is 1. The maximum absolute atomic E-state index is 11.3. The first-order valence-corrected chi connectivity index (χ1v) is 7.45. The van der Waals surface area contributed by atoms with Gasteiger partial charge in [0.15, 0.2) is 12.4 Å². The first-order chi connectivity index (χ1) is 11.6. The van der Waals surface area contributed by atoms with Crippen molar-refractivity contribution in [3.63, 3.8) is 0 Å². The molecule has 9 nitrogen and oxygen atoms in total. The molecule has 1 saturated heterocycles. The van der Waals surface area contributed by atoms with Gasteiger partial charge in [0.1, 0.15) is 5.69 Å². The first-order valence-electron chi connectivity index (χ1n) is 7.45. The number of piperazine rings is 1. The van der Waals surface area contributed by atoms with E-state index in [1.807, 2.05) is 29.4 Å². The van der Waals surface area contributed by atoms with Gasteiger partial charge >= 0.3 is 0 Å². The van der Waals surface area contributed by atoms with Gasteiger partial charge in [-0.25, -0.2) is 4.98 Å². The fourth-order valence-electron chi connectivity index (χ4n) is 2.83. The van der Waals surface area contributed by atoms with E-state index in [0.29, 0.717) is 18.8 Å². The monoisotopic (exact) mass is 330 g/mol. The predicted molar refractivity (Wildman–Crippen MR) is 87.2 cm³/mol. The summed E-state index contributed by atoms with van der Waals surface area (Å²) < 4.78 is 0. The molecule has 2 aromatic rings. The van der Waals surface area contributed by atoms with Crippen molar-refractivity contribution in [2.24, 2.45) is 0 Å². The van der Waals surface area contributed by atoms with Crippen molar-refractivity contribution in [3.05, 3.63) is 63.0 Å². The van der Waals surface area contributed by atoms with Crippen LogP contribution in [-0.2, 0) is 0 Å². The van der Waals surface area contributed by atoms with Crippen LogP contribution in [0, 0.1) is 20.2 Å². The summed E-state index contributed by atoms with van der Waals surface area (Å²) in [6, 6.07) is 7.74. The number of hydrogen-bond donors (Lipinski definition) is 0. The molecule has 2 heterocycles. The second-order valence-corrected chi connectivity index (χ2v) is 5.42. The van der Waals surface area contributed by atoms with E-state index in [4.69, 9.17) is 0 Å². The van der Waals surface area contributed by atoms with Gasteiger partial charge in [-0.3, -0.25) is 20.2 Å². The molecule has 124 valence electrons. The number of pyridine rings is 1. The molecule has 0 spiro atoms. The number of rotatable bonds is 4. The number of nitro groups is 2. The van der Waals surface area contributed by atoms with Gasteiger partial charge in [-0.05, 0) is 6.07 Å². The first kappa shape index (κ1) is 15.7. The van der Waals surface area contributed by atoms with Crippen molar-refractivity contribution in [2.75, 3.05) is 36.0 Å². The zero-order valence-corrected chi connectivity index (χ0v) is 12.8. The van der Waals surface area contributed by atoms with Gasteiger partial charge in [-0.2, -0.15) is 0 Å². The molecule has 0 unspecified atom stereocenters. The molecular formula is C15H16N5O4+. The van der Waals surface area contributed by atoms with Crippen LogP contribution in [0.4, 0.5) is 22.7 Å². The molecule has 1 aliphatic heterocycles. The van der Waals surface area contributed by atoms with Crippen molar-refractivity contribution < 1.29 is 14.8 Å². The minimum absolute atomic E-state index is 0.230. The lowest BCUT2D eigenvalue weighted by atomic mass is 10.2. The number of nitrogens with zero attached hydrogens (tertiary/aromatic N) is 4. The molecule has 0 radical (unpaired) electrons. The summed E-state index contributed by atoms with van der Waals surface area (Å²) in [5, 5.41) is 22.1. The molecule has 1 aromatic heterocycles. The number of hydrogen-bond acceptors (Lipinski definition) is 6. The van der Waals surface area contributed by atoms with Gasteiger partial charge in [0, 0.05) is 50.1 Å². The van der Waals surface area contributed by atoms with Gasteiger partial charge in [-0.15, -0.1) is 0 Å². The molecule has 0 atom stereocenters. The number of anilines is 2. The number of nitro benzene ring substituents is 2. The molecule has 0 saturated carbocycles. The van der Waals surface area contributed by atoms with Gasteiger partial charge in [0.2, 0.25) is 0 Å². The lowest BCUT2D eigenvalue weighted by molar-refractivity contribution is -0.393. The predicted octanol–water partition coefficient (Wildman–Crippen LogP) is 1.64. The fourth-order valence-corrected chi connectivity index (χ4v) is 2.83. The van der Waals surface area contributed by atoms with E-state index in [-0.39, 0.29) is 11.4 Å². The maximum Gasteiger partial charge on any atom is 0.299 e. The Bertz CT molecular complexity index is 760. The highest BCUT2D eigenvalue weighted by molar-refractivity contribution is 5.67. The third kappa shape index (κ3) is 3.09. The van der Waals surface area contributed by atoms with Crippen LogP contribution in [0.15, 0.2) is 42.7 Å². The molecule has 0 aliphatic carbocycles. The van der Waals surface area contributed by atoms with Crippen LogP contribution in [0.3, 0.4) is 0 Å². The fraction of sp³-hybridized carbons (Fsp3) is 0.267. The summed E-state index contributed by atoms with van der Waals surface area (Å²) >= 11 is 0. The van der Waals surface area contributed by atoms with E-state index < -0.39 is 9.85 Å². The second kappa shape index (κ2) is 6.49. The van der Waals surface area contributed by atoms with E-state index in [2.05, 4.69) is 9.88 Å². The molecule has 1 fully saturated rings. The average Bonchev–Trinajstić information content (AvgIpc) is 2.62. The summed E-state index contributed by atoms with van der Waals surface area (Å²) in [5.74, 6) is 0. The van der Waals surface area contributed by atoms with Crippen molar-refractivity contribution in [2.45, 2.75) is 0 Å². The number of aromatic nitrogens is 1. The Balaban J connectivity index is 1.79. The molecule has 0 bridgehead atoms. The summed E-state index contributed by atoms with van der Waals surface area (Å²) in [7, 11) is 0. The highest BCUT2D eigenvalue weighted by atomic mass is 16.6. The number of non-ortho nitro benzene ring substituents is 1. The molecule has 24 heavy (non-hydrogen) atoms. The number of benzene rings is 1. The Hall–Kier alpha value is -3.23. The molecule has 0 amide bonds. The number of H-pyrrole nitrogens is 1. The topological polar surface area (TPSA) is 107 Å². The largest absolute Gasteiger partial charge is 0.368 e. The zero-order chi connectivity index (χ0) is 17.1. The lowest BCUT2D eigenvalue weighted by Crippen LogP contribution is -2.46. The van der Waals surface area contributed by atoms with E-state index >= 15 is 0 Å². The summed E-state index contributed by atoms with van der Waals surface area (Å²) in [6.45, 7) is 2.66. The Morgan fingerprint density at radius 2 is 1.50 bits per heavy atom. The second-order valence-electron chi connectivity index (χ2n) is 5.42. The molecule has 9 heteroatoms. The standard InChI is InChI=1S/C15H15N5O4/c21-19(22)13-1-2-14(15(11-13)20(23)24)18-9-7-17(8-10-18)12-3-5-16-6-4-12/h1-6,11H,7-10H2/p+1. The molecule has 1 aromatic carbocycles. The zero-order valence-electron chi connectivity index (χ0n) is 12.8. The SMILES string of the molecule is O=[N+]([O-])c1ccc(N2CCN(c3cc[nH+]cc3)CC2)c([N+](=O)[O-])c1. The van der Waals surface area contributed by atoms with Crippen LogP contribution >= 0.6 is 0 Å². The Morgan fingerprint density at radius 3 is 2.08 bits per heavy atom. The van der Waals surface area contributed by atoms with E-state index in [9.17, 15) is 20.2 Å². The van der Waals surface area contributed by atoms with Crippen molar-refractivity contribution in [1.29, 1.82) is 0 Å². The van der Waals surface area contributed by atoms with Crippen LogP contribution in [0.1, 0.15) is 0 Å². The highest BCUT2D eigenvalue weighted by Crippen LogP contribution is 2.32. The molecule has 3 rings (SSSR count). The Morgan fingerprint density at radius 1 is 0.875 bits per heavy atom. The van der Waals surface area contributed by atoms with Crippen LogP contribution in [0.5, 0.6) is 0 Å². The molecular weight excluding hydrogens is 314 g/mol. The highest BCUT2D eigenvalue weighted by Gasteiger charge is 2.26. The van der Waals surface area contributed by atoms with Gasteiger partial charge in [-0.1, -0.05) is 0 Å². The summed E-state index contributed by atoms with van der Waals surface area (Å²) in [6.07, 6.45) is 3.70. The van der Waals surface area contributed by atoms with E-state index in [0.717, 1.165) is 24.8 Å². The average molecular weight is 330 g/mol. The van der Waals surface area contributed by atoms with Crippen molar-refractivity contribution >= 4 is 22.7 Å². The van der Waals surface area contributed by atoms with E-state index in [1.165, 1.54) is 12.1 Å². The minimum Gasteiger partial charge on any atom is -0.368 e. The maximum atomic E-state index is 11.3. The van der Waals surface area contributed by atoms with Gasteiger partial charge < -0.3 is 9.80 Å². The number of aromatic amines is 1. The molecule has 1 N–H and O–H groups in total. The third-order valence-corrected chi connectivity index (χ3v) is 4.05. The summed E-state index contributed by atoms with van der Waals surface area (Å²) in [5.41, 5.74) is 1.01. The van der Waals surface area contributed by atoms with Gasteiger partial charge in [0.25, 0.3) is 11.4 Å². The van der Waals surface area contributed by atoms with Crippen LogP contribution < -0.4 is 14.8 Å². The lowest BCUT2D eigenvalue weighted by Gasteiger charge is -2.36. The van der Waals surface area contributed by atoms with Crippen LogP contribution in [0.25, 0.3) is 0 Å². The van der Waals surface area contributed by atoms with E-state index in [1.54, 1.807) is 0 Å². The summed E-state index contributed by atoms with van der Waals surface area (Å²) in [4.78, 5) is 28.0. The van der Waals surface area contributed by atoms with Crippen molar-refractivity contribution in [3.8, 4) is 0 Å². The minimum atomic E-state index is -0.624. The van der Waals surface area contributed by atoms with Crippen LogP contribution in [0.2, 0.25) is 0 Å². The van der Waals surface area contributed by atoms with Gasteiger partial charge in [0.05, 0.1) is 15.9 Å². The van der Waals surface area contributed by atoms with Crippen LogP contribution in [-0.4, -0.2) is 36.0 Å². The Labute approximate surface area is 137 Å². The van der Waals surface area contributed by atoms with Crippen molar-refractivity contribution in [1.82, 2.24) is 0 Å². The normalized spacial score (nSPS) is 14.5. The Kier molecular flexibility index (Phi) is 4.23. The smallest absolute Gasteiger partial charge is 0.299 e. The molecule has 1 aliphatic rings. The third-order valence-electron chi connectivity index (χ3n) is 4.05. The quantitative estimate of drug-likeness (QED) is 0.623.